The number of nitrogens with one attached hydrogen (secondary N) is 2. The lowest BCUT2D eigenvalue weighted by atomic mass is 10.1. The van der Waals surface area contributed by atoms with E-state index in [4.69, 9.17) is 5.73 Å². The maximum atomic E-state index is 12.5. The van der Waals surface area contributed by atoms with E-state index in [1.54, 1.807) is 6.08 Å². The van der Waals surface area contributed by atoms with Gasteiger partial charge in [-0.1, -0.05) is 43.0 Å². The number of aromatic amines is 1. The third-order valence-corrected chi connectivity index (χ3v) is 5.05. The zero-order valence-electron chi connectivity index (χ0n) is 18.2. The maximum absolute atomic E-state index is 12.5. The number of aromatic nitrogens is 6. The molecule has 3 aromatic heterocycles. The average molecular weight is 441 g/mol. The number of nitrogens with two attached hydrogens (primary N) is 1. The summed E-state index contributed by atoms with van der Waals surface area (Å²) in [6.07, 6.45) is 11.4. The van der Waals surface area contributed by atoms with Gasteiger partial charge in [-0.15, -0.1) is 5.10 Å². The molecule has 0 aliphatic carbocycles. The molecule has 3 heterocycles. The van der Waals surface area contributed by atoms with Crippen LogP contribution in [-0.2, 0) is 13.0 Å². The van der Waals surface area contributed by atoms with Gasteiger partial charge in [0.15, 0.2) is 0 Å². The van der Waals surface area contributed by atoms with E-state index in [0.717, 1.165) is 27.9 Å². The Kier molecular flexibility index (Phi) is 6.40. The monoisotopic (exact) mass is 440 g/mol. The van der Waals surface area contributed by atoms with Crippen LogP contribution in [0.25, 0.3) is 16.7 Å². The van der Waals surface area contributed by atoms with E-state index in [2.05, 4.69) is 37.0 Å². The zero-order valence-corrected chi connectivity index (χ0v) is 18.2. The second kappa shape index (κ2) is 9.73. The van der Waals surface area contributed by atoms with Crippen LogP contribution in [0.5, 0.6) is 0 Å². The number of hydrogen-bond acceptors (Lipinski definition) is 6. The van der Waals surface area contributed by atoms with E-state index >= 15 is 0 Å². The number of hydrogen-bond donors (Lipinski definition) is 3. The zero-order chi connectivity index (χ0) is 23.2. The van der Waals surface area contributed by atoms with E-state index in [0.29, 0.717) is 24.6 Å². The predicted octanol–water partition coefficient (Wildman–Crippen LogP) is 3.28. The van der Waals surface area contributed by atoms with Crippen molar-refractivity contribution in [2.45, 2.75) is 19.9 Å². The Morgan fingerprint density at radius 3 is 2.82 bits per heavy atom. The molecule has 166 valence electrons. The summed E-state index contributed by atoms with van der Waals surface area (Å²) in [7, 11) is 0. The molecule has 9 heteroatoms. The van der Waals surface area contributed by atoms with Crippen molar-refractivity contribution in [3.8, 4) is 5.69 Å². The Morgan fingerprint density at radius 2 is 2.06 bits per heavy atom. The maximum Gasteiger partial charge on any atom is 0.291 e. The molecular formula is C24H24N8O. The highest BCUT2D eigenvalue weighted by Gasteiger charge is 2.13. The molecule has 0 fully saturated rings. The van der Waals surface area contributed by atoms with E-state index in [1.807, 2.05) is 66.2 Å². The van der Waals surface area contributed by atoms with Gasteiger partial charge in [-0.05, 0) is 36.3 Å². The van der Waals surface area contributed by atoms with Crippen LogP contribution in [-0.4, -0.2) is 35.6 Å². The fourth-order valence-corrected chi connectivity index (χ4v) is 3.30. The van der Waals surface area contributed by atoms with Crippen LogP contribution in [0.2, 0.25) is 0 Å². The Morgan fingerprint density at radius 1 is 1.24 bits per heavy atom. The van der Waals surface area contributed by atoms with Crippen molar-refractivity contribution in [2.75, 3.05) is 5.73 Å². The number of nitrogen functional groups attached to an aromatic ring is 1. The van der Waals surface area contributed by atoms with Crippen molar-refractivity contribution in [3.05, 3.63) is 96.5 Å². The number of carbonyl (C=O) groups excluding carboxylic acids is 1. The van der Waals surface area contributed by atoms with Crippen molar-refractivity contribution >= 4 is 22.8 Å². The molecule has 0 saturated carbocycles. The van der Waals surface area contributed by atoms with Crippen molar-refractivity contribution in [3.63, 3.8) is 0 Å². The van der Waals surface area contributed by atoms with Gasteiger partial charge in [0.25, 0.3) is 5.91 Å². The Hall–Kier alpha value is -4.53. The van der Waals surface area contributed by atoms with Gasteiger partial charge < -0.3 is 15.6 Å². The highest BCUT2D eigenvalue weighted by Crippen LogP contribution is 2.21. The van der Waals surface area contributed by atoms with Crippen molar-refractivity contribution < 1.29 is 4.79 Å². The molecule has 0 atom stereocenters. The van der Waals surface area contributed by atoms with E-state index in [-0.39, 0.29) is 11.7 Å². The lowest BCUT2D eigenvalue weighted by Crippen LogP contribution is -2.24. The number of rotatable bonds is 8. The van der Waals surface area contributed by atoms with Gasteiger partial charge in [0.2, 0.25) is 5.82 Å². The molecule has 1 amide bonds. The normalized spacial score (nSPS) is 11.8. The smallest absolute Gasteiger partial charge is 0.291 e. The molecule has 0 saturated heterocycles. The first-order chi connectivity index (χ1) is 16.1. The third kappa shape index (κ3) is 4.87. The van der Waals surface area contributed by atoms with Crippen LogP contribution in [0.15, 0.2) is 79.3 Å². The Labute approximate surface area is 190 Å². The topological polar surface area (TPSA) is 127 Å². The van der Waals surface area contributed by atoms with E-state index in [9.17, 15) is 4.79 Å². The number of fused-ring (bicyclic) bond motifs is 1. The number of H-pyrrole nitrogens is 1. The van der Waals surface area contributed by atoms with Crippen molar-refractivity contribution in [2.24, 2.45) is 0 Å². The van der Waals surface area contributed by atoms with Gasteiger partial charge >= 0.3 is 0 Å². The first-order valence-electron chi connectivity index (χ1n) is 10.4. The molecule has 0 aliphatic heterocycles. The first kappa shape index (κ1) is 21.7. The molecule has 0 spiro atoms. The largest absolute Gasteiger partial charge is 0.383 e. The summed E-state index contributed by atoms with van der Waals surface area (Å²) in [6, 6.07) is 9.68. The number of allylic oxidation sites excluding steroid dienone is 5. The second-order valence-electron chi connectivity index (χ2n) is 7.29. The third-order valence-electron chi connectivity index (χ3n) is 5.05. The summed E-state index contributed by atoms with van der Waals surface area (Å²) < 4.78 is 1.94. The quantitative estimate of drug-likeness (QED) is 0.361. The summed E-state index contributed by atoms with van der Waals surface area (Å²) in [5, 5.41) is 10.5. The van der Waals surface area contributed by atoms with Crippen molar-refractivity contribution in [1.82, 2.24) is 35.0 Å². The molecule has 0 radical (unpaired) electrons. The molecule has 1 aromatic carbocycles. The van der Waals surface area contributed by atoms with Crippen LogP contribution in [0.4, 0.5) is 5.82 Å². The molecule has 4 aromatic rings. The van der Waals surface area contributed by atoms with Gasteiger partial charge in [-0.2, -0.15) is 0 Å². The standard InChI is InChI=1S/C24H24N8O/c1-3-5-6-16(4-2)13-20-29-22(31-30-20)24(33)26-14-17-7-9-18(10-8-17)32-12-11-19-21(25)27-15-28-23(19)32/h3-12,15H,2,13-14H2,1H3,(H,26,33)(H2,25,27,28)(H,29,30,31)/b5-3-,16-6+. The molecule has 0 aliphatic rings. The minimum Gasteiger partial charge on any atom is -0.383 e. The molecule has 4 N–H and O–H groups in total. The highest BCUT2D eigenvalue weighted by atomic mass is 16.2. The van der Waals surface area contributed by atoms with Crippen LogP contribution in [0.3, 0.4) is 0 Å². The minimum atomic E-state index is -0.345. The lowest BCUT2D eigenvalue weighted by molar-refractivity contribution is 0.0941. The average Bonchev–Trinajstić information content (AvgIpc) is 3.49. The second-order valence-corrected chi connectivity index (χ2v) is 7.29. The number of nitrogens with zero attached hydrogens (tertiary/aromatic N) is 5. The highest BCUT2D eigenvalue weighted by molar-refractivity contribution is 5.90. The van der Waals surface area contributed by atoms with Gasteiger partial charge in [-0.25, -0.2) is 15.0 Å². The van der Waals surface area contributed by atoms with E-state index in [1.165, 1.54) is 6.33 Å². The molecule has 0 unspecified atom stereocenters. The minimum absolute atomic E-state index is 0.104. The van der Waals surface area contributed by atoms with Gasteiger partial charge in [0.1, 0.15) is 23.6 Å². The van der Waals surface area contributed by atoms with E-state index < -0.39 is 0 Å². The van der Waals surface area contributed by atoms with Gasteiger partial charge in [0.05, 0.1) is 5.39 Å². The van der Waals surface area contributed by atoms with Gasteiger partial charge in [0, 0.05) is 24.8 Å². The van der Waals surface area contributed by atoms with Crippen LogP contribution in [0.1, 0.15) is 28.9 Å². The molecule has 9 nitrogen and oxygen atoms in total. The summed E-state index contributed by atoms with van der Waals surface area (Å²) in [5.41, 5.74) is 9.50. The molecule has 0 bridgehead atoms. The summed E-state index contributed by atoms with van der Waals surface area (Å²) >= 11 is 0. The van der Waals surface area contributed by atoms with Gasteiger partial charge in [-0.3, -0.25) is 9.89 Å². The van der Waals surface area contributed by atoms with Crippen LogP contribution < -0.4 is 11.1 Å². The molecule has 33 heavy (non-hydrogen) atoms. The Balaban J connectivity index is 1.38. The predicted molar refractivity (Wildman–Crippen MR) is 128 cm³/mol. The summed E-state index contributed by atoms with van der Waals surface area (Å²) in [4.78, 5) is 25.1. The Bertz CT molecular complexity index is 1340. The van der Waals surface area contributed by atoms with Crippen LogP contribution in [0, 0.1) is 0 Å². The molecule has 4 rings (SSSR count). The lowest BCUT2D eigenvalue weighted by Gasteiger charge is -2.07. The van der Waals surface area contributed by atoms with Crippen molar-refractivity contribution in [1.29, 1.82) is 0 Å². The first-order valence-corrected chi connectivity index (χ1v) is 10.4. The number of benzene rings is 1. The number of carbonyl (C=O) groups is 1. The number of anilines is 1. The molecular weight excluding hydrogens is 416 g/mol. The fraction of sp³-hybridized carbons (Fsp3) is 0.125. The van der Waals surface area contributed by atoms with Crippen LogP contribution >= 0.6 is 0 Å². The summed E-state index contributed by atoms with van der Waals surface area (Å²) in [6.45, 7) is 6.09. The summed E-state index contributed by atoms with van der Waals surface area (Å²) in [5.74, 6) is 0.807. The SMILES string of the molecule is C=C/C(=C\C=C/C)Cc1nc(C(=O)NCc2ccc(-n3ccc4c(N)ncnc43)cc2)n[nH]1. The number of amides is 1. The fourth-order valence-electron chi connectivity index (χ4n) is 3.30.